The third kappa shape index (κ3) is 2.09. The zero-order chi connectivity index (χ0) is 5.86. The SMILES string of the molecule is [CH]CC(=O)C([CH])=O. The second-order valence-electron chi connectivity index (χ2n) is 0.992. The molecule has 0 aliphatic heterocycles. The molecule has 2 heteroatoms. The van der Waals surface area contributed by atoms with Crippen LogP contribution in [0, 0.1) is 13.8 Å². The van der Waals surface area contributed by atoms with Crippen LogP contribution in [0.25, 0.3) is 0 Å². The first-order valence-corrected chi connectivity index (χ1v) is 1.71. The lowest BCUT2D eigenvalue weighted by Crippen LogP contribution is -2.06. The van der Waals surface area contributed by atoms with Gasteiger partial charge in [0.15, 0.2) is 5.78 Å². The van der Waals surface area contributed by atoms with Gasteiger partial charge in [0.2, 0.25) is 5.78 Å². The van der Waals surface area contributed by atoms with Crippen molar-refractivity contribution in [1.29, 1.82) is 0 Å². The summed E-state index contributed by atoms with van der Waals surface area (Å²) in [5, 5.41) is 0. The Bertz CT molecular complexity index is 94.3. The predicted molar refractivity (Wildman–Crippen MR) is 23.2 cm³/mol. The van der Waals surface area contributed by atoms with Crippen molar-refractivity contribution in [1.82, 2.24) is 0 Å². The van der Waals surface area contributed by atoms with Crippen molar-refractivity contribution in [2.45, 2.75) is 6.42 Å². The lowest BCUT2D eigenvalue weighted by molar-refractivity contribution is -0.133. The molecule has 0 aliphatic carbocycles. The van der Waals surface area contributed by atoms with Crippen LogP contribution < -0.4 is 0 Å². The summed E-state index contributed by atoms with van der Waals surface area (Å²) >= 11 is 0. The van der Waals surface area contributed by atoms with E-state index in [1.807, 2.05) is 0 Å². The van der Waals surface area contributed by atoms with E-state index in [9.17, 15) is 9.59 Å². The van der Waals surface area contributed by atoms with Gasteiger partial charge < -0.3 is 0 Å². The summed E-state index contributed by atoms with van der Waals surface area (Å²) in [5.74, 6) is -1.71. The summed E-state index contributed by atoms with van der Waals surface area (Å²) in [6.45, 7) is 9.20. The molecule has 36 valence electrons. The molecule has 0 fully saturated rings. The quantitative estimate of drug-likeness (QED) is 0.451. The van der Waals surface area contributed by atoms with Crippen LogP contribution in [0.4, 0.5) is 0 Å². The molecule has 0 aromatic carbocycles. The molecule has 0 aromatic rings. The molecular formula is C5H4O2. The Morgan fingerprint density at radius 2 is 1.86 bits per heavy atom. The largest absolute Gasteiger partial charge is 0.291 e. The summed E-state index contributed by atoms with van der Waals surface area (Å²) in [5.41, 5.74) is 0. The van der Waals surface area contributed by atoms with Crippen molar-refractivity contribution < 1.29 is 9.59 Å². The van der Waals surface area contributed by atoms with Gasteiger partial charge in [-0.2, -0.15) is 0 Å². The predicted octanol–water partition coefficient (Wildman–Crippen LogP) is -0.0631. The average molecular weight is 96.1 g/mol. The van der Waals surface area contributed by atoms with Crippen molar-refractivity contribution >= 4 is 11.6 Å². The number of carbonyl (C=O) groups is 2. The molecule has 2 nitrogen and oxygen atoms in total. The second kappa shape index (κ2) is 2.50. The fourth-order valence-electron chi connectivity index (χ4n) is 0.101. The molecular weight excluding hydrogens is 92.1 g/mol. The highest BCUT2D eigenvalue weighted by Gasteiger charge is 2.01. The molecule has 0 aromatic heterocycles. The molecule has 0 atom stereocenters. The molecule has 0 saturated heterocycles. The van der Waals surface area contributed by atoms with Crippen LogP contribution in [0.1, 0.15) is 6.42 Å². The molecule has 0 unspecified atom stereocenters. The first-order chi connectivity index (χ1) is 3.18. The normalized spacial score (nSPS) is 8.29. The number of hydrogen-bond acceptors (Lipinski definition) is 2. The molecule has 0 spiro atoms. The smallest absolute Gasteiger partial charge is 0.202 e. The highest BCUT2D eigenvalue weighted by atomic mass is 16.2. The lowest BCUT2D eigenvalue weighted by Gasteiger charge is -1.80. The fourth-order valence-corrected chi connectivity index (χ4v) is 0.101. The first kappa shape index (κ1) is 6.34. The second-order valence-corrected chi connectivity index (χ2v) is 0.992. The van der Waals surface area contributed by atoms with E-state index in [2.05, 4.69) is 6.92 Å². The maximum Gasteiger partial charge on any atom is 0.202 e. The molecule has 0 saturated carbocycles. The van der Waals surface area contributed by atoms with E-state index in [4.69, 9.17) is 6.92 Å². The van der Waals surface area contributed by atoms with Crippen LogP contribution in [0.3, 0.4) is 0 Å². The van der Waals surface area contributed by atoms with Crippen molar-refractivity contribution in [3.05, 3.63) is 13.8 Å². The van der Waals surface area contributed by atoms with Crippen LogP contribution in [-0.4, -0.2) is 11.6 Å². The van der Waals surface area contributed by atoms with Gasteiger partial charge in [0, 0.05) is 13.3 Å². The molecule has 0 bridgehead atoms. The third-order valence-corrected chi connectivity index (χ3v) is 0.460. The van der Waals surface area contributed by atoms with Crippen LogP contribution in [0.15, 0.2) is 0 Å². The minimum atomic E-state index is -0.970. The Hall–Kier alpha value is -0.660. The van der Waals surface area contributed by atoms with Gasteiger partial charge in [-0.3, -0.25) is 9.59 Å². The minimum Gasteiger partial charge on any atom is -0.291 e. The Morgan fingerprint density at radius 1 is 1.43 bits per heavy atom. The Balaban J connectivity index is 3.58. The standard InChI is InChI=1S/C5H4O2/c1-3-5(7)4(2)6/h1-2H,3H2. The van der Waals surface area contributed by atoms with Crippen molar-refractivity contribution in [2.24, 2.45) is 0 Å². The number of carbonyl (C=O) groups excluding carboxylic acids is 2. The van der Waals surface area contributed by atoms with Gasteiger partial charge in [0.05, 0.1) is 0 Å². The van der Waals surface area contributed by atoms with E-state index < -0.39 is 11.6 Å². The Kier molecular flexibility index (Phi) is 2.27. The number of rotatable bonds is 2. The van der Waals surface area contributed by atoms with E-state index in [-0.39, 0.29) is 6.42 Å². The molecule has 0 heterocycles. The number of ketones is 2. The van der Waals surface area contributed by atoms with Gasteiger partial charge >= 0.3 is 0 Å². The highest BCUT2D eigenvalue weighted by Crippen LogP contribution is 1.78. The maximum atomic E-state index is 9.91. The van der Waals surface area contributed by atoms with Gasteiger partial charge in [-0.25, -0.2) is 0 Å². The molecule has 0 amide bonds. The van der Waals surface area contributed by atoms with Crippen molar-refractivity contribution in [3.8, 4) is 0 Å². The van der Waals surface area contributed by atoms with Gasteiger partial charge in [-0.15, -0.1) is 0 Å². The van der Waals surface area contributed by atoms with Crippen LogP contribution >= 0.6 is 0 Å². The first-order valence-electron chi connectivity index (χ1n) is 1.71. The van der Waals surface area contributed by atoms with Crippen LogP contribution in [0.5, 0.6) is 0 Å². The zero-order valence-corrected chi connectivity index (χ0v) is 3.68. The van der Waals surface area contributed by atoms with Gasteiger partial charge in [0.1, 0.15) is 0 Å². The lowest BCUT2D eigenvalue weighted by atomic mass is 10.2. The Labute approximate surface area is 42.5 Å². The summed E-state index contributed by atoms with van der Waals surface area (Å²) in [6, 6.07) is 0. The minimum absolute atomic E-state index is 0.296. The van der Waals surface area contributed by atoms with Crippen molar-refractivity contribution in [2.75, 3.05) is 0 Å². The summed E-state index contributed by atoms with van der Waals surface area (Å²) < 4.78 is 0. The van der Waals surface area contributed by atoms with Crippen molar-refractivity contribution in [3.63, 3.8) is 0 Å². The van der Waals surface area contributed by atoms with E-state index >= 15 is 0 Å². The molecule has 0 aliphatic rings. The zero-order valence-electron chi connectivity index (χ0n) is 3.68. The number of Topliss-reactive ketones (excluding diaryl/α,β-unsaturated/α-hetero) is 2. The molecule has 0 N–H and O–H groups in total. The average Bonchev–Trinajstić information content (AvgIpc) is 1.65. The molecule has 4 radical (unpaired) electrons. The van der Waals surface area contributed by atoms with Gasteiger partial charge in [0.25, 0.3) is 0 Å². The third-order valence-electron chi connectivity index (χ3n) is 0.460. The van der Waals surface area contributed by atoms with E-state index in [0.29, 0.717) is 0 Å². The topological polar surface area (TPSA) is 34.1 Å². The highest BCUT2D eigenvalue weighted by molar-refractivity contribution is 6.39. The Morgan fingerprint density at radius 3 is 1.86 bits per heavy atom. The van der Waals surface area contributed by atoms with E-state index in [1.165, 1.54) is 0 Å². The van der Waals surface area contributed by atoms with E-state index in [0.717, 1.165) is 0 Å². The van der Waals surface area contributed by atoms with Crippen LogP contribution in [0.2, 0.25) is 0 Å². The van der Waals surface area contributed by atoms with E-state index in [1.54, 1.807) is 0 Å². The fraction of sp³-hybridized carbons (Fsp3) is 0.200. The number of hydrogen-bond donors (Lipinski definition) is 0. The molecule has 0 rings (SSSR count). The summed E-state index contributed by atoms with van der Waals surface area (Å²) in [4.78, 5) is 19.6. The maximum absolute atomic E-state index is 9.91. The summed E-state index contributed by atoms with van der Waals surface area (Å²) in [6.07, 6.45) is -0.296. The van der Waals surface area contributed by atoms with Gasteiger partial charge in [-0.05, 0) is 6.92 Å². The summed E-state index contributed by atoms with van der Waals surface area (Å²) in [7, 11) is 0. The van der Waals surface area contributed by atoms with Crippen LogP contribution in [-0.2, 0) is 9.59 Å². The van der Waals surface area contributed by atoms with Gasteiger partial charge in [-0.1, -0.05) is 0 Å². The molecule has 7 heavy (non-hydrogen) atoms. The monoisotopic (exact) mass is 96.0 g/mol.